The highest BCUT2D eigenvalue weighted by Crippen LogP contribution is 2.24. The van der Waals surface area contributed by atoms with Gasteiger partial charge in [-0.2, -0.15) is 0 Å². The van der Waals surface area contributed by atoms with Crippen molar-refractivity contribution in [2.45, 2.75) is 18.9 Å². The summed E-state index contributed by atoms with van der Waals surface area (Å²) < 4.78 is 0. The fraction of sp³-hybridized carbons (Fsp3) is 0.238. The molecule has 1 aliphatic rings. The monoisotopic (exact) mass is 418 g/mol. The van der Waals surface area contributed by atoms with Crippen molar-refractivity contribution in [3.8, 4) is 0 Å². The molecule has 7 heteroatoms. The molecule has 28 heavy (non-hydrogen) atoms. The smallest absolute Gasteiger partial charge is 0.326 e. The summed E-state index contributed by atoms with van der Waals surface area (Å²) in [5.41, 5.74) is 3.30. The van der Waals surface area contributed by atoms with Crippen LogP contribution in [-0.4, -0.2) is 36.1 Å². The van der Waals surface area contributed by atoms with Gasteiger partial charge in [-0.25, -0.2) is 4.79 Å². The lowest BCUT2D eigenvalue weighted by molar-refractivity contribution is -0.139. The molecule has 2 aromatic rings. The number of aliphatic carboxylic acids is 1. The number of rotatable bonds is 6. The van der Waals surface area contributed by atoms with E-state index in [1.807, 2.05) is 24.3 Å². The molecule has 0 saturated heterocycles. The Bertz CT molecular complexity index is 890. The first-order valence-corrected chi connectivity index (χ1v) is 9.68. The van der Waals surface area contributed by atoms with Gasteiger partial charge in [-0.15, -0.1) is 0 Å². The number of carbonyl (C=O) groups is 2. The topological polar surface area (TPSA) is 78.4 Å². The Balaban J connectivity index is 1.72. The molecule has 3 N–H and O–H groups in total. The number of hydrogen-bond donors (Lipinski definition) is 3. The van der Waals surface area contributed by atoms with Gasteiger partial charge in [0.2, 0.25) is 0 Å². The summed E-state index contributed by atoms with van der Waals surface area (Å²) in [7, 11) is 0. The maximum Gasteiger partial charge on any atom is 0.326 e. The second kappa shape index (κ2) is 9.24. The van der Waals surface area contributed by atoms with Crippen LogP contribution in [0.4, 0.5) is 0 Å². The predicted molar refractivity (Wildman–Crippen MR) is 111 cm³/mol. The third-order valence-electron chi connectivity index (χ3n) is 4.62. The Morgan fingerprint density at radius 2 is 1.79 bits per heavy atom. The van der Waals surface area contributed by atoms with E-state index >= 15 is 0 Å². The van der Waals surface area contributed by atoms with Gasteiger partial charge in [-0.05, 0) is 41.8 Å². The van der Waals surface area contributed by atoms with Crippen LogP contribution < -0.4 is 10.6 Å². The zero-order chi connectivity index (χ0) is 20.1. The minimum absolute atomic E-state index is 0.0743. The molecule has 5 nitrogen and oxygen atoms in total. The third-order valence-corrected chi connectivity index (χ3v) is 5.25. The molecule has 146 valence electrons. The number of carboxylic acid groups (broad SMARTS) is 1. The van der Waals surface area contributed by atoms with E-state index < -0.39 is 17.9 Å². The van der Waals surface area contributed by atoms with Crippen molar-refractivity contribution in [1.82, 2.24) is 10.6 Å². The van der Waals surface area contributed by atoms with Crippen molar-refractivity contribution in [2.75, 3.05) is 13.1 Å². The Kier molecular flexibility index (Phi) is 6.73. The highest BCUT2D eigenvalue weighted by atomic mass is 35.5. The average molecular weight is 419 g/mol. The zero-order valence-electron chi connectivity index (χ0n) is 15.0. The van der Waals surface area contributed by atoms with Crippen molar-refractivity contribution in [3.63, 3.8) is 0 Å². The minimum atomic E-state index is -1.12. The molecule has 0 aliphatic carbocycles. The quantitative estimate of drug-likeness (QED) is 0.666. The van der Waals surface area contributed by atoms with Crippen LogP contribution in [0.15, 0.2) is 48.5 Å². The van der Waals surface area contributed by atoms with Gasteiger partial charge in [0.05, 0.1) is 15.6 Å². The summed E-state index contributed by atoms with van der Waals surface area (Å²) >= 11 is 12.1. The molecule has 3 rings (SSSR count). The van der Waals surface area contributed by atoms with Crippen LogP contribution in [0.3, 0.4) is 0 Å². The number of carboxylic acids is 1. The van der Waals surface area contributed by atoms with Crippen molar-refractivity contribution >= 4 is 40.7 Å². The van der Waals surface area contributed by atoms with Crippen molar-refractivity contribution in [2.24, 2.45) is 0 Å². The first kappa shape index (κ1) is 20.4. The number of amides is 1. The van der Waals surface area contributed by atoms with E-state index in [-0.39, 0.29) is 22.0 Å². The summed E-state index contributed by atoms with van der Waals surface area (Å²) in [5.74, 6) is -1.74. The second-order valence-electron chi connectivity index (χ2n) is 6.55. The van der Waals surface area contributed by atoms with E-state index in [0.717, 1.165) is 30.6 Å². The number of hydrogen-bond acceptors (Lipinski definition) is 3. The highest BCUT2D eigenvalue weighted by molar-refractivity contribution is 6.39. The number of halogens is 2. The molecule has 0 aromatic heterocycles. The first-order chi connectivity index (χ1) is 13.5. The van der Waals surface area contributed by atoms with Crippen molar-refractivity contribution < 1.29 is 14.7 Å². The van der Waals surface area contributed by atoms with Gasteiger partial charge in [0, 0.05) is 13.0 Å². The second-order valence-corrected chi connectivity index (χ2v) is 7.36. The predicted octanol–water partition coefficient (Wildman–Crippen LogP) is 3.80. The van der Waals surface area contributed by atoms with E-state index in [1.54, 1.807) is 6.07 Å². The fourth-order valence-corrected chi connectivity index (χ4v) is 3.69. The molecule has 2 aromatic carbocycles. The van der Waals surface area contributed by atoms with E-state index in [9.17, 15) is 14.7 Å². The molecule has 1 heterocycles. The van der Waals surface area contributed by atoms with Crippen molar-refractivity contribution in [3.05, 3.63) is 75.3 Å². The highest BCUT2D eigenvalue weighted by Gasteiger charge is 2.23. The van der Waals surface area contributed by atoms with Gasteiger partial charge in [-0.3, -0.25) is 4.79 Å². The summed E-state index contributed by atoms with van der Waals surface area (Å²) in [5, 5.41) is 15.7. The summed E-state index contributed by atoms with van der Waals surface area (Å²) in [6.07, 6.45) is 3.28. The van der Waals surface area contributed by atoms with Gasteiger partial charge >= 0.3 is 5.97 Å². The lowest BCUT2D eigenvalue weighted by Gasteiger charge is -2.17. The molecule has 0 fully saturated rings. The van der Waals surface area contributed by atoms with Crippen LogP contribution in [0.5, 0.6) is 0 Å². The largest absolute Gasteiger partial charge is 0.480 e. The number of benzene rings is 2. The van der Waals surface area contributed by atoms with Crippen LogP contribution in [-0.2, 0) is 11.2 Å². The lowest BCUT2D eigenvalue weighted by atomic mass is 9.97. The third kappa shape index (κ3) is 4.93. The number of carbonyl (C=O) groups excluding carboxylic acids is 1. The van der Waals surface area contributed by atoms with Crippen LogP contribution in [0.25, 0.3) is 5.57 Å². The maximum atomic E-state index is 12.5. The molecule has 0 radical (unpaired) electrons. The SMILES string of the molecule is O=C(N[C@@H](Cc1ccc(C2=CCNCC2)cc1)C(=O)O)c1c(Cl)cccc1Cl. The van der Waals surface area contributed by atoms with Crippen molar-refractivity contribution in [1.29, 1.82) is 0 Å². The van der Waals surface area contributed by atoms with Crippen LogP contribution in [0.1, 0.15) is 27.9 Å². The molecular formula is C21H20Cl2N2O3. The van der Waals surface area contributed by atoms with E-state index in [1.165, 1.54) is 17.7 Å². The molecule has 0 saturated carbocycles. The van der Waals surface area contributed by atoms with Gasteiger partial charge in [-0.1, -0.05) is 59.6 Å². The number of nitrogens with one attached hydrogen (secondary N) is 2. The van der Waals surface area contributed by atoms with Gasteiger partial charge in [0.25, 0.3) is 5.91 Å². The van der Waals surface area contributed by atoms with E-state index in [0.29, 0.717) is 0 Å². The van der Waals surface area contributed by atoms with Crippen LogP contribution in [0, 0.1) is 0 Å². The fourth-order valence-electron chi connectivity index (χ4n) is 3.12. The first-order valence-electron chi connectivity index (χ1n) is 8.92. The standard InChI is InChI=1S/C21H20Cl2N2O3/c22-16-2-1-3-17(23)19(16)20(26)25-18(21(27)28)12-13-4-6-14(7-5-13)15-8-10-24-11-9-15/h1-8,18,24H,9-12H2,(H,25,26)(H,27,28)/t18-/m0/s1. The van der Waals surface area contributed by atoms with Crippen LogP contribution in [0.2, 0.25) is 10.0 Å². The maximum absolute atomic E-state index is 12.5. The summed E-state index contributed by atoms with van der Waals surface area (Å²) in [6.45, 7) is 1.81. The molecule has 0 bridgehead atoms. The zero-order valence-corrected chi connectivity index (χ0v) is 16.6. The van der Waals surface area contributed by atoms with E-state index in [4.69, 9.17) is 23.2 Å². The minimum Gasteiger partial charge on any atom is -0.480 e. The van der Waals surface area contributed by atoms with Gasteiger partial charge in [0.15, 0.2) is 0 Å². The Hall–Kier alpha value is -2.34. The molecule has 1 aliphatic heterocycles. The molecule has 0 spiro atoms. The molecule has 1 atom stereocenters. The molecule has 1 amide bonds. The Morgan fingerprint density at radius 1 is 1.11 bits per heavy atom. The molecular weight excluding hydrogens is 399 g/mol. The van der Waals surface area contributed by atoms with Crippen LogP contribution >= 0.6 is 23.2 Å². The Morgan fingerprint density at radius 3 is 2.36 bits per heavy atom. The normalized spacial score (nSPS) is 14.9. The summed E-state index contributed by atoms with van der Waals surface area (Å²) in [6, 6.07) is 11.3. The van der Waals surface area contributed by atoms with E-state index in [2.05, 4.69) is 16.7 Å². The average Bonchev–Trinajstić information content (AvgIpc) is 2.68. The van der Waals surface area contributed by atoms with Gasteiger partial charge in [0.1, 0.15) is 6.04 Å². The van der Waals surface area contributed by atoms with Gasteiger partial charge < -0.3 is 15.7 Å². The molecule has 0 unspecified atom stereocenters. The lowest BCUT2D eigenvalue weighted by Crippen LogP contribution is -2.42. The Labute approximate surface area is 173 Å². The summed E-state index contributed by atoms with van der Waals surface area (Å²) in [4.78, 5) is 24.2.